The van der Waals surface area contributed by atoms with Gasteiger partial charge in [-0.1, -0.05) is 42.0 Å². The fourth-order valence-corrected chi connectivity index (χ4v) is 1.91. The van der Waals surface area contributed by atoms with E-state index < -0.39 is 11.5 Å². The van der Waals surface area contributed by atoms with Gasteiger partial charge in [0.25, 0.3) is 0 Å². The molecule has 0 aliphatic carbocycles. The molecule has 1 atom stereocenters. The molecule has 2 rings (SSSR count). The fourth-order valence-electron chi connectivity index (χ4n) is 1.91. The smallest absolute Gasteiger partial charge is 0.333 e. The van der Waals surface area contributed by atoms with Gasteiger partial charge in [0, 0.05) is 6.42 Å². The van der Waals surface area contributed by atoms with Gasteiger partial charge in [0.05, 0.1) is 0 Å². The third-order valence-electron chi connectivity index (χ3n) is 2.88. The van der Waals surface area contributed by atoms with Crippen molar-refractivity contribution in [1.82, 2.24) is 5.32 Å². The van der Waals surface area contributed by atoms with E-state index >= 15 is 0 Å². The van der Waals surface area contributed by atoms with Crippen LogP contribution in [0.4, 0.5) is 0 Å². The Kier molecular flexibility index (Phi) is 3.00. The van der Waals surface area contributed by atoms with Crippen LogP contribution in [-0.4, -0.2) is 16.6 Å². The second-order valence-corrected chi connectivity index (χ2v) is 4.33. The Morgan fingerprint density at radius 1 is 1.41 bits per heavy atom. The molecular weight excluding hydrogens is 214 g/mol. The maximum absolute atomic E-state index is 11.3. The van der Waals surface area contributed by atoms with Gasteiger partial charge in [-0.25, -0.2) is 4.79 Å². The van der Waals surface area contributed by atoms with E-state index in [-0.39, 0.29) is 0 Å². The second kappa shape index (κ2) is 4.45. The lowest BCUT2D eigenvalue weighted by molar-refractivity contribution is -0.141. The number of carboxylic acids is 1. The average molecular weight is 229 g/mol. The van der Waals surface area contributed by atoms with Gasteiger partial charge in [0.1, 0.15) is 0 Å². The zero-order valence-corrected chi connectivity index (χ0v) is 9.68. The van der Waals surface area contributed by atoms with E-state index in [0.717, 1.165) is 11.1 Å². The highest BCUT2D eigenvalue weighted by Gasteiger charge is 2.38. The largest absolute Gasteiger partial charge is 0.479 e. The fraction of sp³-hybridized carbons (Fsp3) is 0.214. The molecule has 3 heteroatoms. The molecule has 0 fully saturated rings. The molecule has 0 spiro atoms. The van der Waals surface area contributed by atoms with Crippen LogP contribution in [0.3, 0.4) is 0 Å². The minimum atomic E-state index is -0.986. The molecule has 0 saturated carbocycles. The number of aliphatic carboxylic acids is 1. The van der Waals surface area contributed by atoms with Crippen LogP contribution < -0.4 is 5.32 Å². The molecule has 2 N–H and O–H groups in total. The molecule has 0 aromatic heterocycles. The molecule has 1 unspecified atom stereocenters. The van der Waals surface area contributed by atoms with Gasteiger partial charge in [0.2, 0.25) is 0 Å². The first-order valence-electron chi connectivity index (χ1n) is 5.53. The van der Waals surface area contributed by atoms with Gasteiger partial charge < -0.3 is 10.4 Å². The van der Waals surface area contributed by atoms with Crippen LogP contribution in [0.1, 0.15) is 18.9 Å². The van der Waals surface area contributed by atoms with Crippen molar-refractivity contribution in [3.05, 3.63) is 53.7 Å². The summed E-state index contributed by atoms with van der Waals surface area (Å²) in [6.45, 7) is 1.92. The monoisotopic (exact) mass is 229 g/mol. The normalized spacial score (nSPS) is 23.5. The van der Waals surface area contributed by atoms with Gasteiger partial charge in [-0.3, -0.25) is 0 Å². The molecule has 0 amide bonds. The standard InChI is InChI=1S/C14H15NO2/c1-11-9-14(13(16)17,15-10-11)8-7-12-5-3-2-4-6-12/h2-8,10,15H,9H2,1H3,(H,16,17). The predicted molar refractivity (Wildman–Crippen MR) is 67.4 cm³/mol. The van der Waals surface area contributed by atoms with Gasteiger partial charge >= 0.3 is 5.97 Å². The summed E-state index contributed by atoms with van der Waals surface area (Å²) in [5, 5.41) is 12.3. The molecule has 17 heavy (non-hydrogen) atoms. The lowest BCUT2D eigenvalue weighted by Gasteiger charge is -2.21. The highest BCUT2D eigenvalue weighted by Crippen LogP contribution is 2.25. The Balaban J connectivity index is 2.21. The van der Waals surface area contributed by atoms with Crippen LogP contribution in [0.2, 0.25) is 0 Å². The van der Waals surface area contributed by atoms with Crippen LogP contribution >= 0.6 is 0 Å². The number of rotatable bonds is 3. The summed E-state index contributed by atoms with van der Waals surface area (Å²) >= 11 is 0. The minimum absolute atomic E-state index is 0.506. The van der Waals surface area contributed by atoms with Crippen molar-refractivity contribution in [3.8, 4) is 0 Å². The van der Waals surface area contributed by atoms with E-state index in [1.54, 1.807) is 12.3 Å². The van der Waals surface area contributed by atoms with Crippen molar-refractivity contribution in [2.45, 2.75) is 18.9 Å². The summed E-state index contributed by atoms with van der Waals surface area (Å²) in [5.41, 5.74) is 1.06. The number of benzene rings is 1. The molecular formula is C14H15NO2. The van der Waals surface area contributed by atoms with Crippen molar-refractivity contribution < 1.29 is 9.90 Å². The third kappa shape index (κ3) is 2.38. The molecule has 1 heterocycles. The molecule has 0 bridgehead atoms. The molecule has 3 nitrogen and oxygen atoms in total. The van der Waals surface area contributed by atoms with E-state index in [9.17, 15) is 9.90 Å². The summed E-state index contributed by atoms with van der Waals surface area (Å²) in [6, 6.07) is 9.68. The Morgan fingerprint density at radius 2 is 2.12 bits per heavy atom. The van der Waals surface area contributed by atoms with Crippen LogP contribution in [0.25, 0.3) is 6.08 Å². The van der Waals surface area contributed by atoms with Crippen LogP contribution in [0, 0.1) is 0 Å². The zero-order valence-electron chi connectivity index (χ0n) is 9.68. The Hall–Kier alpha value is -2.03. The summed E-state index contributed by atoms with van der Waals surface area (Å²) in [5.74, 6) is -0.849. The number of carboxylic acid groups (broad SMARTS) is 1. The summed E-state index contributed by atoms with van der Waals surface area (Å²) in [4.78, 5) is 11.3. The molecule has 1 aromatic carbocycles. The Morgan fingerprint density at radius 3 is 2.65 bits per heavy atom. The first kappa shape index (κ1) is 11.5. The number of carbonyl (C=O) groups is 1. The lowest BCUT2D eigenvalue weighted by Crippen LogP contribution is -2.44. The molecule has 1 aromatic rings. The van der Waals surface area contributed by atoms with Crippen molar-refractivity contribution in [2.75, 3.05) is 0 Å². The lowest BCUT2D eigenvalue weighted by atomic mass is 9.94. The van der Waals surface area contributed by atoms with E-state index in [0.29, 0.717) is 6.42 Å². The van der Waals surface area contributed by atoms with Crippen LogP contribution in [0.5, 0.6) is 0 Å². The molecule has 1 aliphatic rings. The molecule has 1 aliphatic heterocycles. The number of hydrogen-bond donors (Lipinski definition) is 2. The SMILES string of the molecule is CC1=CNC(C=Cc2ccccc2)(C(=O)O)C1. The van der Waals surface area contributed by atoms with Gasteiger partial charge in [-0.15, -0.1) is 0 Å². The summed E-state index contributed by atoms with van der Waals surface area (Å²) < 4.78 is 0. The molecule has 0 saturated heterocycles. The highest BCUT2D eigenvalue weighted by molar-refractivity contribution is 5.84. The van der Waals surface area contributed by atoms with E-state index in [4.69, 9.17) is 0 Å². The third-order valence-corrected chi connectivity index (χ3v) is 2.88. The first-order valence-corrected chi connectivity index (χ1v) is 5.53. The maximum Gasteiger partial charge on any atom is 0.333 e. The topological polar surface area (TPSA) is 49.3 Å². The average Bonchev–Trinajstić information content (AvgIpc) is 2.71. The van der Waals surface area contributed by atoms with Crippen molar-refractivity contribution >= 4 is 12.0 Å². The predicted octanol–water partition coefficient (Wildman–Crippen LogP) is 2.42. The van der Waals surface area contributed by atoms with Crippen molar-refractivity contribution in [3.63, 3.8) is 0 Å². The van der Waals surface area contributed by atoms with Crippen LogP contribution in [0.15, 0.2) is 48.2 Å². The second-order valence-electron chi connectivity index (χ2n) is 4.33. The molecule has 88 valence electrons. The van der Waals surface area contributed by atoms with E-state index in [2.05, 4.69) is 5.32 Å². The number of hydrogen-bond acceptors (Lipinski definition) is 2. The Labute approximate surface area is 100 Å². The minimum Gasteiger partial charge on any atom is -0.479 e. The van der Waals surface area contributed by atoms with Crippen LogP contribution in [-0.2, 0) is 4.79 Å². The maximum atomic E-state index is 11.3. The van der Waals surface area contributed by atoms with Crippen molar-refractivity contribution in [1.29, 1.82) is 0 Å². The van der Waals surface area contributed by atoms with Gasteiger partial charge in [0.15, 0.2) is 5.54 Å². The molecule has 0 radical (unpaired) electrons. The Bertz CT molecular complexity index is 476. The number of nitrogens with one attached hydrogen (secondary N) is 1. The van der Waals surface area contributed by atoms with E-state index in [1.165, 1.54) is 0 Å². The summed E-state index contributed by atoms with van der Waals surface area (Å²) in [6.07, 6.45) is 5.83. The zero-order chi connectivity index (χ0) is 12.3. The van der Waals surface area contributed by atoms with Crippen molar-refractivity contribution in [2.24, 2.45) is 0 Å². The quantitative estimate of drug-likeness (QED) is 0.836. The highest BCUT2D eigenvalue weighted by atomic mass is 16.4. The van der Waals surface area contributed by atoms with Gasteiger partial charge in [-0.2, -0.15) is 0 Å². The summed E-state index contributed by atoms with van der Waals surface area (Å²) in [7, 11) is 0. The van der Waals surface area contributed by atoms with E-state index in [1.807, 2.05) is 43.3 Å². The van der Waals surface area contributed by atoms with Gasteiger partial charge in [-0.05, 0) is 24.8 Å². The first-order chi connectivity index (χ1) is 8.12.